The van der Waals surface area contributed by atoms with Gasteiger partial charge in [-0.15, -0.1) is 16.5 Å². The van der Waals surface area contributed by atoms with E-state index in [9.17, 15) is 9.59 Å². The van der Waals surface area contributed by atoms with Crippen LogP contribution in [0.5, 0.6) is 11.5 Å². The van der Waals surface area contributed by atoms with E-state index in [-0.39, 0.29) is 30.1 Å². The van der Waals surface area contributed by atoms with Crippen molar-refractivity contribution in [2.75, 3.05) is 29.6 Å². The molecule has 2 aliphatic rings. The predicted octanol–water partition coefficient (Wildman–Crippen LogP) is 5.06. The summed E-state index contributed by atoms with van der Waals surface area (Å²) >= 11 is 5.77. The van der Waals surface area contributed by atoms with Crippen molar-refractivity contribution in [3.05, 3.63) is 66.9 Å². The molecule has 2 aromatic carbocycles. The molecule has 5 rings (SSSR count). The van der Waals surface area contributed by atoms with Gasteiger partial charge in [0.2, 0.25) is 11.6 Å². The number of nitrogen functional groups attached to an aromatic ring is 1. The molecule has 2 aliphatic heterocycles. The summed E-state index contributed by atoms with van der Waals surface area (Å²) in [5.41, 5.74) is 8.94. The number of fused-ring (bicyclic) bond motifs is 1. The maximum Gasteiger partial charge on any atom is 0.509 e. The molecule has 0 aliphatic carbocycles. The van der Waals surface area contributed by atoms with Crippen molar-refractivity contribution in [3.63, 3.8) is 0 Å². The number of benzene rings is 2. The Balaban J connectivity index is 1.49. The highest BCUT2D eigenvalue weighted by Gasteiger charge is 2.47. The zero-order valence-electron chi connectivity index (χ0n) is 19.1. The molecule has 1 fully saturated rings. The van der Waals surface area contributed by atoms with Crippen LogP contribution in [0.3, 0.4) is 0 Å². The minimum absolute atomic E-state index is 0.0100. The van der Waals surface area contributed by atoms with Crippen molar-refractivity contribution in [2.45, 2.75) is 19.3 Å². The van der Waals surface area contributed by atoms with Crippen molar-refractivity contribution < 1.29 is 18.9 Å². The second-order valence-corrected chi connectivity index (χ2v) is 8.73. The summed E-state index contributed by atoms with van der Waals surface area (Å²) in [5, 5.41) is 0. The minimum atomic E-state index is -0.252. The van der Waals surface area contributed by atoms with E-state index in [0.29, 0.717) is 42.3 Å². The molecule has 35 heavy (non-hydrogen) atoms. The molecule has 3 aromatic rings. The molecule has 0 saturated carbocycles. The zero-order valence-corrected chi connectivity index (χ0v) is 19.8. The van der Waals surface area contributed by atoms with Crippen LogP contribution in [0.15, 0.2) is 66.9 Å². The number of nitrogens with two attached hydrogens (primary N) is 1. The van der Waals surface area contributed by atoms with Crippen LogP contribution in [0.2, 0.25) is 0 Å². The van der Waals surface area contributed by atoms with Crippen LogP contribution >= 0.6 is 11.6 Å². The van der Waals surface area contributed by atoms with Crippen LogP contribution in [0.25, 0.3) is 0 Å². The number of carbonyl (C=O) groups is 2. The number of halogens is 1. The quantitative estimate of drug-likeness (QED) is 0.398. The van der Waals surface area contributed by atoms with Crippen molar-refractivity contribution in [1.29, 1.82) is 0 Å². The van der Waals surface area contributed by atoms with E-state index >= 15 is 0 Å². The number of alkyl halides is 1. The monoisotopic (exact) mass is 490 g/mol. The Morgan fingerprint density at radius 2 is 1.83 bits per heavy atom. The van der Waals surface area contributed by atoms with E-state index in [1.165, 1.54) is 0 Å². The molecule has 0 unspecified atom stereocenters. The van der Waals surface area contributed by atoms with E-state index in [0.717, 1.165) is 17.9 Å². The lowest BCUT2D eigenvalue weighted by atomic mass is 10.1. The van der Waals surface area contributed by atoms with E-state index in [1.54, 1.807) is 26.6 Å². The average molecular weight is 491 g/mol. The summed E-state index contributed by atoms with van der Waals surface area (Å²) in [4.78, 5) is 33.8. The third kappa shape index (κ3) is 4.44. The van der Waals surface area contributed by atoms with Gasteiger partial charge in [0.15, 0.2) is 11.5 Å². The minimum Gasteiger partial charge on any atom is -0.457 e. The molecule has 9 heteroatoms. The number of piperidine rings is 1. The van der Waals surface area contributed by atoms with Crippen LogP contribution in [0.1, 0.15) is 19.3 Å². The summed E-state index contributed by atoms with van der Waals surface area (Å²) in [5.74, 6) is 1.90. The fourth-order valence-corrected chi connectivity index (χ4v) is 4.65. The van der Waals surface area contributed by atoms with Gasteiger partial charge in [-0.05, 0) is 42.8 Å². The topological polar surface area (TPSA) is 91.8 Å². The van der Waals surface area contributed by atoms with Gasteiger partial charge in [-0.1, -0.05) is 18.2 Å². The Bertz CT molecular complexity index is 1290. The first kappa shape index (κ1) is 22.9. The molecule has 8 nitrogen and oxygen atoms in total. The normalized spacial score (nSPS) is 17.5. The van der Waals surface area contributed by atoms with Gasteiger partial charge in [0.1, 0.15) is 22.9 Å². The van der Waals surface area contributed by atoms with Crippen molar-refractivity contribution in [1.82, 2.24) is 9.88 Å². The second kappa shape index (κ2) is 9.76. The van der Waals surface area contributed by atoms with Crippen LogP contribution in [-0.2, 0) is 4.79 Å². The number of carbonyl (C=O) groups excluding carboxylic acids is 2. The summed E-state index contributed by atoms with van der Waals surface area (Å²) < 4.78 is 7.55. The summed E-state index contributed by atoms with van der Waals surface area (Å²) in [7, 11) is 0. The van der Waals surface area contributed by atoms with Gasteiger partial charge in [-0.3, -0.25) is 4.79 Å². The lowest BCUT2D eigenvalue weighted by Gasteiger charge is -2.27. The molecular formula is C26H25ClN5O3+. The van der Waals surface area contributed by atoms with Gasteiger partial charge < -0.3 is 15.4 Å². The largest absolute Gasteiger partial charge is 0.509 e. The van der Waals surface area contributed by atoms with Crippen LogP contribution in [-0.4, -0.2) is 51.1 Å². The number of likely N-dealkylation sites (tertiary alicyclic amines) is 1. The molecule has 0 atom stereocenters. The standard InChI is InChI=1S/C26H25ClN5O3/c27-14-12-23(33)30-16-4-5-19(17-30)31-22-13-15-29-25(28)24(22)32(26(31)34)18-8-10-21(11-9-18)35-20-6-2-1-3-7-20/h1-3,6-11,13,15H,4-5,12,14,16-17H2,(H2,28,29)/q+1/b31-19-. The second-order valence-electron chi connectivity index (χ2n) is 8.35. The molecule has 3 amide bonds. The van der Waals surface area contributed by atoms with E-state index < -0.39 is 0 Å². The maximum absolute atomic E-state index is 13.8. The summed E-state index contributed by atoms with van der Waals surface area (Å²) in [6.07, 6.45) is 3.35. The number of nitrogens with zero attached hydrogens (tertiary/aromatic N) is 4. The van der Waals surface area contributed by atoms with E-state index in [2.05, 4.69) is 4.98 Å². The van der Waals surface area contributed by atoms with Crippen molar-refractivity contribution in [2.24, 2.45) is 0 Å². The molecule has 1 saturated heterocycles. The number of aromatic nitrogens is 1. The molecule has 178 valence electrons. The van der Waals surface area contributed by atoms with Crippen LogP contribution in [0, 0.1) is 0 Å². The highest BCUT2D eigenvalue weighted by Crippen LogP contribution is 2.44. The fraction of sp³-hybridized carbons (Fsp3) is 0.231. The van der Waals surface area contributed by atoms with E-state index in [4.69, 9.17) is 22.1 Å². The number of hydrogen-bond acceptors (Lipinski definition) is 5. The molecule has 0 spiro atoms. The molecule has 0 radical (unpaired) electrons. The summed E-state index contributed by atoms with van der Waals surface area (Å²) in [6, 6.07) is 18.3. The first-order valence-corrected chi connectivity index (χ1v) is 12.0. The third-order valence-corrected chi connectivity index (χ3v) is 6.29. The Morgan fingerprint density at radius 1 is 1.09 bits per heavy atom. The van der Waals surface area contributed by atoms with Gasteiger partial charge in [0.05, 0.1) is 6.54 Å². The first-order chi connectivity index (χ1) is 17.1. The molecular weight excluding hydrogens is 466 g/mol. The Labute approximate surface area is 208 Å². The predicted molar refractivity (Wildman–Crippen MR) is 135 cm³/mol. The average Bonchev–Trinajstić information content (AvgIpc) is 3.18. The Morgan fingerprint density at radius 3 is 2.57 bits per heavy atom. The highest BCUT2D eigenvalue weighted by atomic mass is 35.5. The molecule has 1 aromatic heterocycles. The number of ether oxygens (including phenoxy) is 1. The van der Waals surface area contributed by atoms with Gasteiger partial charge >= 0.3 is 6.03 Å². The molecule has 0 bridgehead atoms. The number of anilines is 3. The lowest BCUT2D eigenvalue weighted by molar-refractivity contribution is -0.325. The fourth-order valence-electron chi connectivity index (χ4n) is 4.49. The lowest BCUT2D eigenvalue weighted by Crippen LogP contribution is -2.44. The molecule has 2 N–H and O–H groups in total. The van der Waals surface area contributed by atoms with E-state index in [1.807, 2.05) is 54.6 Å². The maximum atomic E-state index is 13.8. The Hall–Kier alpha value is -3.91. The smallest absolute Gasteiger partial charge is 0.457 e. The number of hydrogen-bond donors (Lipinski definition) is 1. The number of pyridine rings is 1. The van der Waals surface area contributed by atoms with Gasteiger partial charge in [-0.2, -0.15) is 9.37 Å². The number of amides is 3. The van der Waals surface area contributed by atoms with Crippen molar-refractivity contribution >= 4 is 52.1 Å². The van der Waals surface area contributed by atoms with Gasteiger partial charge in [0.25, 0.3) is 0 Å². The highest BCUT2D eigenvalue weighted by molar-refractivity contribution is 6.19. The van der Waals surface area contributed by atoms with Crippen molar-refractivity contribution in [3.8, 4) is 11.5 Å². The summed E-state index contributed by atoms with van der Waals surface area (Å²) in [6.45, 7) is 1.03. The SMILES string of the molecule is Nc1nccc2c1N(c1ccc(Oc3ccccc3)cc1)C(=O)/[N+]2=C1/CCCN(C(=O)CCCl)C1. The van der Waals surface area contributed by atoms with Crippen LogP contribution < -0.4 is 15.4 Å². The van der Waals surface area contributed by atoms with Crippen LogP contribution in [0.4, 0.5) is 27.7 Å². The third-order valence-electron chi connectivity index (χ3n) is 6.10. The Kier molecular flexibility index (Phi) is 6.37. The zero-order chi connectivity index (χ0) is 24.4. The van der Waals surface area contributed by atoms with Gasteiger partial charge in [-0.25, -0.2) is 4.98 Å². The molecule has 3 heterocycles. The number of rotatable bonds is 5. The van der Waals surface area contributed by atoms with Gasteiger partial charge in [0, 0.05) is 37.5 Å². The first-order valence-electron chi connectivity index (χ1n) is 11.5. The number of urea groups is 1. The number of para-hydroxylation sites is 1.